The molecule has 0 fully saturated rings. The highest BCUT2D eigenvalue weighted by Gasteiger charge is 2.10. The molecule has 0 saturated heterocycles. The van der Waals surface area contributed by atoms with Gasteiger partial charge in [-0.2, -0.15) is 0 Å². The third-order valence-corrected chi connectivity index (χ3v) is 2.58. The number of furan rings is 1. The number of carbonyl (C=O) groups excluding carboxylic acids is 1. The van der Waals surface area contributed by atoms with Crippen molar-refractivity contribution < 1.29 is 9.21 Å². The van der Waals surface area contributed by atoms with Crippen LogP contribution in [0.5, 0.6) is 0 Å². The van der Waals surface area contributed by atoms with Gasteiger partial charge in [-0.15, -0.1) is 0 Å². The van der Waals surface area contributed by atoms with E-state index in [9.17, 15) is 4.79 Å². The summed E-state index contributed by atoms with van der Waals surface area (Å²) in [7, 11) is 0. The van der Waals surface area contributed by atoms with Gasteiger partial charge in [0.25, 0.3) is 5.91 Å². The molecule has 0 atom stereocenters. The first-order chi connectivity index (χ1) is 8.66. The van der Waals surface area contributed by atoms with Crippen LogP contribution in [-0.2, 0) is 6.42 Å². The van der Waals surface area contributed by atoms with Crippen LogP contribution in [0.4, 0.5) is 0 Å². The smallest absolute Gasteiger partial charge is 0.254 e. The minimum atomic E-state index is -0.154. The van der Waals surface area contributed by atoms with Gasteiger partial charge in [0, 0.05) is 19.2 Å². The summed E-state index contributed by atoms with van der Waals surface area (Å²) in [5.41, 5.74) is 1.21. The lowest BCUT2D eigenvalue weighted by molar-refractivity contribution is 0.0952. The van der Waals surface area contributed by atoms with E-state index in [4.69, 9.17) is 4.42 Å². The van der Waals surface area contributed by atoms with Gasteiger partial charge in [-0.25, -0.2) is 9.97 Å². The van der Waals surface area contributed by atoms with Crippen LogP contribution in [0.3, 0.4) is 0 Å². The maximum Gasteiger partial charge on any atom is 0.254 e. The van der Waals surface area contributed by atoms with Crippen molar-refractivity contribution in [2.75, 3.05) is 6.54 Å². The van der Waals surface area contributed by atoms with Crippen molar-refractivity contribution in [1.82, 2.24) is 15.3 Å². The van der Waals surface area contributed by atoms with Crippen molar-refractivity contribution >= 4 is 5.91 Å². The van der Waals surface area contributed by atoms with Gasteiger partial charge in [-0.1, -0.05) is 0 Å². The van der Waals surface area contributed by atoms with E-state index in [1.165, 1.54) is 0 Å². The Bertz CT molecular complexity index is 535. The highest BCUT2D eigenvalue weighted by atomic mass is 16.3. The van der Waals surface area contributed by atoms with E-state index >= 15 is 0 Å². The molecule has 0 spiro atoms. The monoisotopic (exact) mass is 245 g/mol. The zero-order valence-corrected chi connectivity index (χ0v) is 10.4. The summed E-state index contributed by atoms with van der Waals surface area (Å²) in [5.74, 6) is 1.37. The number of rotatable bonds is 4. The largest absolute Gasteiger partial charge is 0.469 e. The van der Waals surface area contributed by atoms with Gasteiger partial charge in [0.15, 0.2) is 0 Å². The summed E-state index contributed by atoms with van der Waals surface area (Å²) in [6.45, 7) is 4.13. The fourth-order valence-electron chi connectivity index (χ4n) is 1.66. The molecule has 1 N–H and O–H groups in total. The van der Waals surface area contributed by atoms with Crippen LogP contribution in [0.15, 0.2) is 29.0 Å². The topological polar surface area (TPSA) is 68.0 Å². The van der Waals surface area contributed by atoms with Gasteiger partial charge in [-0.05, 0) is 26.0 Å². The van der Waals surface area contributed by atoms with Gasteiger partial charge in [-0.3, -0.25) is 4.79 Å². The fourth-order valence-corrected chi connectivity index (χ4v) is 1.66. The van der Waals surface area contributed by atoms with Crippen LogP contribution in [-0.4, -0.2) is 22.4 Å². The van der Waals surface area contributed by atoms with Crippen molar-refractivity contribution in [2.45, 2.75) is 20.3 Å². The lowest BCUT2D eigenvalue weighted by Gasteiger charge is -2.06. The SMILES string of the molecule is Cc1ncc(C(=O)NCCc2ccco2)c(C)n1. The number of carbonyl (C=O) groups is 1. The van der Waals surface area contributed by atoms with Crippen molar-refractivity contribution in [3.8, 4) is 0 Å². The molecule has 5 nitrogen and oxygen atoms in total. The maximum absolute atomic E-state index is 11.9. The Morgan fingerprint density at radius 3 is 2.94 bits per heavy atom. The highest BCUT2D eigenvalue weighted by molar-refractivity contribution is 5.94. The number of amides is 1. The maximum atomic E-state index is 11.9. The number of hydrogen-bond donors (Lipinski definition) is 1. The van der Waals surface area contributed by atoms with Crippen LogP contribution in [0.1, 0.15) is 27.6 Å². The normalized spacial score (nSPS) is 10.3. The van der Waals surface area contributed by atoms with E-state index in [0.29, 0.717) is 30.0 Å². The van der Waals surface area contributed by atoms with Crippen LogP contribution in [0, 0.1) is 13.8 Å². The lowest BCUT2D eigenvalue weighted by atomic mass is 10.2. The van der Waals surface area contributed by atoms with E-state index < -0.39 is 0 Å². The number of aryl methyl sites for hydroxylation is 2. The Hall–Kier alpha value is -2.17. The quantitative estimate of drug-likeness (QED) is 0.889. The fraction of sp³-hybridized carbons (Fsp3) is 0.308. The molecule has 0 aromatic carbocycles. The minimum absolute atomic E-state index is 0.154. The van der Waals surface area contributed by atoms with E-state index in [1.807, 2.05) is 12.1 Å². The first kappa shape index (κ1) is 12.3. The molecule has 94 valence electrons. The first-order valence-electron chi connectivity index (χ1n) is 5.77. The number of nitrogens with zero attached hydrogens (tertiary/aromatic N) is 2. The summed E-state index contributed by atoms with van der Waals surface area (Å²) < 4.78 is 5.18. The number of nitrogens with one attached hydrogen (secondary N) is 1. The van der Waals surface area contributed by atoms with Crippen molar-refractivity contribution in [3.05, 3.63) is 47.4 Å². The summed E-state index contributed by atoms with van der Waals surface area (Å²) in [5, 5.41) is 2.82. The standard InChI is InChI=1S/C13H15N3O2/c1-9-12(8-15-10(2)16-9)13(17)14-6-5-11-4-3-7-18-11/h3-4,7-8H,5-6H2,1-2H3,(H,14,17). The molecule has 5 heteroatoms. The molecule has 2 aromatic heterocycles. The predicted molar refractivity (Wildman–Crippen MR) is 66.3 cm³/mol. The zero-order valence-electron chi connectivity index (χ0n) is 10.4. The second kappa shape index (κ2) is 5.44. The molecule has 1 amide bonds. The van der Waals surface area contributed by atoms with Crippen LogP contribution >= 0.6 is 0 Å². The number of aromatic nitrogens is 2. The average molecular weight is 245 g/mol. The Morgan fingerprint density at radius 1 is 1.44 bits per heavy atom. The van der Waals surface area contributed by atoms with Crippen LogP contribution in [0.25, 0.3) is 0 Å². The second-order valence-electron chi connectivity index (χ2n) is 4.00. The third-order valence-electron chi connectivity index (χ3n) is 2.58. The van der Waals surface area contributed by atoms with E-state index in [0.717, 1.165) is 5.76 Å². The van der Waals surface area contributed by atoms with E-state index in [1.54, 1.807) is 26.3 Å². The van der Waals surface area contributed by atoms with Crippen LogP contribution in [0.2, 0.25) is 0 Å². The van der Waals surface area contributed by atoms with Gasteiger partial charge in [0.1, 0.15) is 11.6 Å². The average Bonchev–Trinajstić information content (AvgIpc) is 2.81. The zero-order chi connectivity index (χ0) is 13.0. The molecule has 18 heavy (non-hydrogen) atoms. The molecule has 2 heterocycles. The van der Waals surface area contributed by atoms with Crippen molar-refractivity contribution in [3.63, 3.8) is 0 Å². The van der Waals surface area contributed by atoms with Gasteiger partial charge >= 0.3 is 0 Å². The molecule has 0 saturated carbocycles. The number of hydrogen-bond acceptors (Lipinski definition) is 4. The van der Waals surface area contributed by atoms with Crippen molar-refractivity contribution in [2.24, 2.45) is 0 Å². The summed E-state index contributed by atoms with van der Waals surface area (Å²) in [6, 6.07) is 3.71. The molecule has 0 bridgehead atoms. The highest BCUT2D eigenvalue weighted by Crippen LogP contribution is 2.04. The summed E-state index contributed by atoms with van der Waals surface area (Å²) >= 11 is 0. The summed E-state index contributed by atoms with van der Waals surface area (Å²) in [4.78, 5) is 20.1. The molecule has 0 unspecified atom stereocenters. The predicted octanol–water partition coefficient (Wildman–Crippen LogP) is 1.66. The molecule has 0 radical (unpaired) electrons. The Labute approximate surface area is 105 Å². The molecular formula is C13H15N3O2. The molecular weight excluding hydrogens is 230 g/mol. The first-order valence-corrected chi connectivity index (χ1v) is 5.77. The molecule has 2 rings (SSSR count). The molecule has 0 aliphatic rings. The second-order valence-corrected chi connectivity index (χ2v) is 4.00. The van der Waals surface area contributed by atoms with Crippen LogP contribution < -0.4 is 5.32 Å². The van der Waals surface area contributed by atoms with Gasteiger partial charge in [0.05, 0.1) is 17.5 Å². The molecule has 0 aliphatic heterocycles. The van der Waals surface area contributed by atoms with Crippen molar-refractivity contribution in [1.29, 1.82) is 0 Å². The minimum Gasteiger partial charge on any atom is -0.469 e. The summed E-state index contributed by atoms with van der Waals surface area (Å²) in [6.07, 6.45) is 3.85. The Morgan fingerprint density at radius 2 is 2.28 bits per heavy atom. The lowest BCUT2D eigenvalue weighted by Crippen LogP contribution is -2.26. The van der Waals surface area contributed by atoms with E-state index in [2.05, 4.69) is 15.3 Å². The third kappa shape index (κ3) is 2.94. The van der Waals surface area contributed by atoms with Gasteiger partial charge < -0.3 is 9.73 Å². The Kier molecular flexibility index (Phi) is 3.72. The molecule has 2 aromatic rings. The van der Waals surface area contributed by atoms with E-state index in [-0.39, 0.29) is 5.91 Å². The Balaban J connectivity index is 1.91. The van der Waals surface area contributed by atoms with Gasteiger partial charge in [0.2, 0.25) is 0 Å². The molecule has 0 aliphatic carbocycles.